The Morgan fingerprint density at radius 3 is 2.70 bits per heavy atom. The number of anilines is 1. The lowest BCUT2D eigenvalue weighted by molar-refractivity contribution is 0.534. The highest BCUT2D eigenvalue weighted by atomic mass is 35.5. The Kier molecular flexibility index (Phi) is 4.62. The normalized spacial score (nSPS) is 11.1. The Morgan fingerprint density at radius 2 is 2.10 bits per heavy atom. The molecule has 20 heavy (non-hydrogen) atoms. The van der Waals surface area contributed by atoms with Gasteiger partial charge in [-0.2, -0.15) is 0 Å². The second-order valence-corrected chi connectivity index (χ2v) is 6.00. The SMILES string of the molecule is CNc1nc(Sc2n[nH]c(=O)n2C(C)C)c(Cl)cc1Cl. The van der Waals surface area contributed by atoms with Gasteiger partial charge in [0.1, 0.15) is 10.8 Å². The molecule has 2 heterocycles. The first-order valence-electron chi connectivity index (χ1n) is 5.82. The summed E-state index contributed by atoms with van der Waals surface area (Å²) >= 11 is 13.3. The van der Waals surface area contributed by atoms with Gasteiger partial charge in [0.25, 0.3) is 0 Å². The van der Waals surface area contributed by atoms with Crippen LogP contribution in [0.4, 0.5) is 5.82 Å². The van der Waals surface area contributed by atoms with Gasteiger partial charge in [-0.1, -0.05) is 23.2 Å². The number of aromatic amines is 1. The van der Waals surface area contributed by atoms with Crippen molar-refractivity contribution in [2.24, 2.45) is 0 Å². The monoisotopic (exact) mass is 333 g/mol. The highest BCUT2D eigenvalue weighted by molar-refractivity contribution is 7.99. The lowest BCUT2D eigenvalue weighted by Gasteiger charge is -2.10. The first-order valence-corrected chi connectivity index (χ1v) is 7.39. The van der Waals surface area contributed by atoms with Crippen LogP contribution in [0.15, 0.2) is 21.0 Å². The maximum atomic E-state index is 11.7. The third-order valence-electron chi connectivity index (χ3n) is 2.51. The Balaban J connectivity index is 2.43. The number of aromatic nitrogens is 4. The predicted molar refractivity (Wildman–Crippen MR) is 81.2 cm³/mol. The van der Waals surface area contributed by atoms with E-state index in [1.165, 1.54) is 16.3 Å². The molecule has 0 radical (unpaired) electrons. The van der Waals surface area contributed by atoms with Crippen LogP contribution in [0, 0.1) is 0 Å². The summed E-state index contributed by atoms with van der Waals surface area (Å²) in [5.41, 5.74) is -0.263. The van der Waals surface area contributed by atoms with Crippen molar-refractivity contribution in [3.8, 4) is 0 Å². The molecule has 0 bridgehead atoms. The van der Waals surface area contributed by atoms with Crippen molar-refractivity contribution in [2.45, 2.75) is 30.1 Å². The highest BCUT2D eigenvalue weighted by Gasteiger charge is 2.16. The molecule has 0 aliphatic heterocycles. The van der Waals surface area contributed by atoms with Crippen LogP contribution >= 0.6 is 35.0 Å². The van der Waals surface area contributed by atoms with Crippen LogP contribution in [0.2, 0.25) is 10.0 Å². The molecule has 0 fully saturated rings. The van der Waals surface area contributed by atoms with Crippen molar-refractivity contribution < 1.29 is 0 Å². The first kappa shape index (κ1) is 15.2. The van der Waals surface area contributed by atoms with Crippen molar-refractivity contribution in [1.29, 1.82) is 0 Å². The molecule has 0 spiro atoms. The summed E-state index contributed by atoms with van der Waals surface area (Å²) in [5.74, 6) is 0.521. The molecule has 0 aliphatic carbocycles. The van der Waals surface area contributed by atoms with Crippen molar-refractivity contribution in [3.63, 3.8) is 0 Å². The van der Waals surface area contributed by atoms with E-state index in [9.17, 15) is 4.79 Å². The number of nitrogens with zero attached hydrogens (tertiary/aromatic N) is 3. The molecule has 2 aromatic heterocycles. The van der Waals surface area contributed by atoms with Gasteiger partial charge < -0.3 is 5.32 Å². The molecule has 0 aliphatic rings. The van der Waals surface area contributed by atoms with E-state index in [1.807, 2.05) is 13.8 Å². The van der Waals surface area contributed by atoms with Crippen LogP contribution < -0.4 is 11.0 Å². The number of hydrogen-bond donors (Lipinski definition) is 2. The van der Waals surface area contributed by atoms with Crippen molar-refractivity contribution >= 4 is 40.8 Å². The number of halogens is 2. The predicted octanol–water partition coefficient (Wildman–Crippen LogP) is 3.05. The van der Waals surface area contributed by atoms with E-state index in [2.05, 4.69) is 20.5 Å². The fraction of sp³-hybridized carbons (Fsp3) is 0.364. The quantitative estimate of drug-likeness (QED) is 0.899. The van der Waals surface area contributed by atoms with Gasteiger partial charge >= 0.3 is 5.69 Å². The summed E-state index contributed by atoms with van der Waals surface area (Å²) in [7, 11) is 1.72. The molecule has 9 heteroatoms. The second kappa shape index (κ2) is 6.07. The molecule has 2 aromatic rings. The molecule has 0 saturated carbocycles. The molecule has 2 rings (SSSR count). The maximum Gasteiger partial charge on any atom is 0.344 e. The minimum absolute atomic E-state index is 0.0152. The molecule has 0 saturated heterocycles. The molecule has 0 amide bonds. The molecular weight excluding hydrogens is 321 g/mol. The zero-order valence-corrected chi connectivity index (χ0v) is 13.4. The summed E-state index contributed by atoms with van der Waals surface area (Å²) in [6.45, 7) is 3.80. The van der Waals surface area contributed by atoms with E-state index in [0.717, 1.165) is 0 Å². The zero-order valence-electron chi connectivity index (χ0n) is 11.1. The number of hydrogen-bond acceptors (Lipinski definition) is 5. The van der Waals surface area contributed by atoms with Crippen LogP contribution in [-0.2, 0) is 0 Å². The molecule has 0 atom stereocenters. The summed E-state index contributed by atoms with van der Waals surface area (Å²) in [6.07, 6.45) is 0. The third-order valence-corrected chi connectivity index (χ3v) is 4.17. The third kappa shape index (κ3) is 2.94. The van der Waals surface area contributed by atoms with Crippen molar-refractivity contribution in [2.75, 3.05) is 12.4 Å². The van der Waals surface area contributed by atoms with Gasteiger partial charge in [-0.3, -0.25) is 4.57 Å². The van der Waals surface area contributed by atoms with Gasteiger partial charge in [-0.15, -0.1) is 5.10 Å². The van der Waals surface area contributed by atoms with Gasteiger partial charge in [0.2, 0.25) is 0 Å². The van der Waals surface area contributed by atoms with Gasteiger partial charge in [-0.05, 0) is 31.7 Å². The average Bonchev–Trinajstić information content (AvgIpc) is 2.74. The topological polar surface area (TPSA) is 75.6 Å². The Bertz CT molecular complexity index is 682. The van der Waals surface area contributed by atoms with Crippen LogP contribution in [0.5, 0.6) is 0 Å². The van der Waals surface area contributed by atoms with E-state index in [0.29, 0.717) is 26.0 Å². The fourth-order valence-corrected chi connectivity index (χ4v) is 3.12. The lowest BCUT2D eigenvalue weighted by atomic mass is 10.4. The highest BCUT2D eigenvalue weighted by Crippen LogP contribution is 2.35. The standard InChI is InChI=1S/C11H13Cl2N5OS/c1-5(2)18-10(19)16-17-11(18)20-9-7(13)4-6(12)8(14-3)15-9/h4-5H,1-3H3,(H,14,15)(H,16,19). The number of H-pyrrole nitrogens is 1. The number of pyridine rings is 1. The summed E-state index contributed by atoms with van der Waals surface area (Å²) in [6, 6.07) is 1.59. The summed E-state index contributed by atoms with van der Waals surface area (Å²) < 4.78 is 1.54. The minimum atomic E-state index is -0.263. The smallest absolute Gasteiger partial charge is 0.344 e. The van der Waals surface area contributed by atoms with E-state index in [1.54, 1.807) is 13.1 Å². The largest absolute Gasteiger partial charge is 0.372 e. The van der Waals surface area contributed by atoms with Gasteiger partial charge in [0, 0.05) is 13.1 Å². The van der Waals surface area contributed by atoms with E-state index >= 15 is 0 Å². The summed E-state index contributed by atoms with van der Waals surface area (Å²) in [5, 5.41) is 11.2. The van der Waals surface area contributed by atoms with Gasteiger partial charge in [0.15, 0.2) is 5.16 Å². The molecule has 0 unspecified atom stereocenters. The molecule has 6 nitrogen and oxygen atoms in total. The van der Waals surface area contributed by atoms with Crippen molar-refractivity contribution in [1.82, 2.24) is 19.7 Å². The molecular formula is C11H13Cl2N5OS. The zero-order chi connectivity index (χ0) is 14.9. The van der Waals surface area contributed by atoms with E-state index in [4.69, 9.17) is 23.2 Å². The average molecular weight is 334 g/mol. The Labute approximate surface area is 129 Å². The summed E-state index contributed by atoms with van der Waals surface area (Å²) in [4.78, 5) is 16.0. The van der Waals surface area contributed by atoms with E-state index < -0.39 is 0 Å². The Hall–Kier alpha value is -1.18. The van der Waals surface area contributed by atoms with Gasteiger partial charge in [-0.25, -0.2) is 14.9 Å². The number of nitrogens with one attached hydrogen (secondary N) is 2. The maximum absolute atomic E-state index is 11.7. The van der Waals surface area contributed by atoms with E-state index in [-0.39, 0.29) is 11.7 Å². The first-order chi connectivity index (χ1) is 9.43. The lowest BCUT2D eigenvalue weighted by Crippen LogP contribution is -2.19. The Morgan fingerprint density at radius 1 is 1.40 bits per heavy atom. The van der Waals surface area contributed by atoms with Crippen LogP contribution in [0.25, 0.3) is 0 Å². The van der Waals surface area contributed by atoms with Crippen molar-refractivity contribution in [3.05, 3.63) is 26.6 Å². The van der Waals surface area contributed by atoms with Crippen LogP contribution in [0.1, 0.15) is 19.9 Å². The fourth-order valence-electron chi connectivity index (χ4n) is 1.60. The molecule has 0 aromatic carbocycles. The van der Waals surface area contributed by atoms with Crippen LogP contribution in [-0.4, -0.2) is 26.8 Å². The van der Waals surface area contributed by atoms with Gasteiger partial charge in [0.05, 0.1) is 10.0 Å². The molecule has 2 N–H and O–H groups in total. The van der Waals surface area contributed by atoms with Crippen LogP contribution in [0.3, 0.4) is 0 Å². The molecule has 108 valence electrons. The number of rotatable bonds is 4. The second-order valence-electron chi connectivity index (χ2n) is 4.23. The minimum Gasteiger partial charge on any atom is -0.372 e.